The summed E-state index contributed by atoms with van der Waals surface area (Å²) in [6.07, 6.45) is 0.732. The number of amides is 2. The molecule has 162 valence electrons. The van der Waals surface area contributed by atoms with Gasteiger partial charge in [0.2, 0.25) is 0 Å². The topological polar surface area (TPSA) is 63.3 Å². The number of hydrogen-bond donors (Lipinski definition) is 1. The third-order valence-corrected chi connectivity index (χ3v) is 5.21. The number of piperazine rings is 1. The third-order valence-electron chi connectivity index (χ3n) is 5.21. The number of nitrogens with one attached hydrogen (secondary N) is 1. The van der Waals surface area contributed by atoms with Crippen molar-refractivity contribution in [2.45, 2.75) is 13.3 Å². The van der Waals surface area contributed by atoms with E-state index in [-0.39, 0.29) is 6.03 Å². The average molecular weight is 414 g/mol. The molecule has 0 atom stereocenters. The molecule has 0 spiro atoms. The van der Waals surface area contributed by atoms with Gasteiger partial charge in [-0.05, 0) is 43.2 Å². The van der Waals surface area contributed by atoms with Crippen molar-refractivity contribution in [2.24, 2.45) is 0 Å². The molecule has 30 heavy (non-hydrogen) atoms. The van der Waals surface area contributed by atoms with E-state index >= 15 is 0 Å². The fraction of sp³-hybridized carbons (Fsp3) is 0.435. The van der Waals surface area contributed by atoms with Crippen molar-refractivity contribution in [3.63, 3.8) is 0 Å². The van der Waals surface area contributed by atoms with E-state index in [4.69, 9.17) is 14.2 Å². The summed E-state index contributed by atoms with van der Waals surface area (Å²) in [6.45, 7) is 6.03. The van der Waals surface area contributed by atoms with Gasteiger partial charge in [0.1, 0.15) is 5.75 Å². The van der Waals surface area contributed by atoms with E-state index in [1.165, 1.54) is 0 Å². The third kappa shape index (κ3) is 5.28. The number of carbonyl (C=O) groups excluding carboxylic acids is 1. The molecular weight excluding hydrogens is 382 g/mol. The Morgan fingerprint density at radius 3 is 2.40 bits per heavy atom. The number of para-hydroxylation sites is 2. The number of nitrogens with zero attached hydrogens (tertiary/aromatic N) is 2. The van der Waals surface area contributed by atoms with Crippen LogP contribution in [0.3, 0.4) is 0 Å². The summed E-state index contributed by atoms with van der Waals surface area (Å²) in [5.41, 5.74) is 2.17. The Hall–Kier alpha value is -3.09. The van der Waals surface area contributed by atoms with Crippen molar-refractivity contribution in [1.82, 2.24) is 10.2 Å². The molecule has 0 saturated carbocycles. The minimum atomic E-state index is -0.0208. The van der Waals surface area contributed by atoms with Crippen LogP contribution < -0.4 is 24.4 Å². The molecule has 7 nitrogen and oxygen atoms in total. The zero-order valence-electron chi connectivity index (χ0n) is 18.0. The van der Waals surface area contributed by atoms with Crippen LogP contribution in [0.5, 0.6) is 17.2 Å². The minimum Gasteiger partial charge on any atom is -0.495 e. The number of hydrogen-bond acceptors (Lipinski definition) is 5. The van der Waals surface area contributed by atoms with Crippen molar-refractivity contribution >= 4 is 11.7 Å². The summed E-state index contributed by atoms with van der Waals surface area (Å²) in [4.78, 5) is 16.7. The van der Waals surface area contributed by atoms with Crippen LogP contribution in [-0.4, -0.2) is 64.5 Å². The van der Waals surface area contributed by atoms with Crippen LogP contribution in [0.1, 0.15) is 12.5 Å². The molecule has 0 aliphatic carbocycles. The molecule has 7 heteroatoms. The normalized spacial score (nSPS) is 13.7. The number of anilines is 1. The summed E-state index contributed by atoms with van der Waals surface area (Å²) < 4.78 is 16.4. The van der Waals surface area contributed by atoms with E-state index in [0.717, 1.165) is 42.3 Å². The standard InChI is InChI=1S/C23H31N3O4/c1-4-30-21-10-9-18(17-22(21)29-3)11-12-24-23(27)26-15-13-25(14-16-26)19-7-5-6-8-20(19)28-2/h5-10,17H,4,11-16H2,1-3H3,(H,24,27). The molecular formula is C23H31N3O4. The smallest absolute Gasteiger partial charge is 0.317 e. The summed E-state index contributed by atoms with van der Waals surface area (Å²) in [5, 5.41) is 3.03. The Morgan fingerprint density at radius 2 is 1.70 bits per heavy atom. The summed E-state index contributed by atoms with van der Waals surface area (Å²) in [6, 6.07) is 13.8. The van der Waals surface area contributed by atoms with Gasteiger partial charge in [-0.25, -0.2) is 4.79 Å². The van der Waals surface area contributed by atoms with Gasteiger partial charge in [0.25, 0.3) is 0 Å². The van der Waals surface area contributed by atoms with Crippen LogP contribution in [0.2, 0.25) is 0 Å². The van der Waals surface area contributed by atoms with E-state index < -0.39 is 0 Å². The van der Waals surface area contributed by atoms with Crippen molar-refractivity contribution < 1.29 is 19.0 Å². The van der Waals surface area contributed by atoms with E-state index in [1.54, 1.807) is 14.2 Å². The molecule has 1 fully saturated rings. The highest BCUT2D eigenvalue weighted by Crippen LogP contribution is 2.29. The van der Waals surface area contributed by atoms with Gasteiger partial charge in [0.15, 0.2) is 11.5 Å². The lowest BCUT2D eigenvalue weighted by Crippen LogP contribution is -2.52. The van der Waals surface area contributed by atoms with Crippen molar-refractivity contribution in [2.75, 3.05) is 58.5 Å². The predicted octanol–water partition coefficient (Wildman–Crippen LogP) is 3.18. The van der Waals surface area contributed by atoms with Crippen LogP contribution in [0, 0.1) is 0 Å². The van der Waals surface area contributed by atoms with Crippen LogP contribution >= 0.6 is 0 Å². The number of urea groups is 1. The van der Waals surface area contributed by atoms with Gasteiger partial charge in [0.05, 0.1) is 26.5 Å². The molecule has 1 aliphatic heterocycles. The Morgan fingerprint density at radius 1 is 0.967 bits per heavy atom. The number of benzene rings is 2. The van der Waals surface area contributed by atoms with E-state index in [9.17, 15) is 4.79 Å². The maximum absolute atomic E-state index is 12.5. The first-order valence-corrected chi connectivity index (χ1v) is 10.4. The lowest BCUT2D eigenvalue weighted by Gasteiger charge is -2.36. The maximum atomic E-state index is 12.5. The zero-order valence-corrected chi connectivity index (χ0v) is 18.0. The Kier molecular flexibility index (Phi) is 7.65. The number of methoxy groups -OCH3 is 2. The maximum Gasteiger partial charge on any atom is 0.317 e. The Labute approximate surface area is 178 Å². The summed E-state index contributed by atoms with van der Waals surface area (Å²) in [5.74, 6) is 2.31. The first kappa shape index (κ1) is 21.6. The van der Waals surface area contributed by atoms with Crippen LogP contribution in [0.15, 0.2) is 42.5 Å². The lowest BCUT2D eigenvalue weighted by atomic mass is 10.1. The Balaban J connectivity index is 1.46. The van der Waals surface area contributed by atoms with Crippen LogP contribution in [0.4, 0.5) is 10.5 Å². The van der Waals surface area contributed by atoms with Crippen molar-refractivity contribution in [1.29, 1.82) is 0 Å². The fourth-order valence-electron chi connectivity index (χ4n) is 3.61. The SMILES string of the molecule is CCOc1ccc(CCNC(=O)N2CCN(c3ccccc3OC)CC2)cc1OC. The molecule has 0 bridgehead atoms. The molecule has 1 aliphatic rings. The predicted molar refractivity (Wildman–Crippen MR) is 118 cm³/mol. The summed E-state index contributed by atoms with van der Waals surface area (Å²) >= 11 is 0. The van der Waals surface area contributed by atoms with Gasteiger partial charge in [-0.15, -0.1) is 0 Å². The number of rotatable bonds is 8. The zero-order chi connectivity index (χ0) is 21.3. The average Bonchev–Trinajstić information content (AvgIpc) is 2.80. The molecule has 0 unspecified atom stereocenters. The number of carbonyl (C=O) groups is 1. The van der Waals surface area contributed by atoms with E-state index in [0.29, 0.717) is 32.0 Å². The molecule has 1 heterocycles. The van der Waals surface area contributed by atoms with Crippen LogP contribution in [-0.2, 0) is 6.42 Å². The van der Waals surface area contributed by atoms with Gasteiger partial charge in [-0.2, -0.15) is 0 Å². The monoisotopic (exact) mass is 413 g/mol. The quantitative estimate of drug-likeness (QED) is 0.720. The molecule has 3 rings (SSSR count). The molecule has 2 amide bonds. The molecule has 0 radical (unpaired) electrons. The molecule has 2 aromatic rings. The van der Waals surface area contributed by atoms with Gasteiger partial charge < -0.3 is 29.3 Å². The van der Waals surface area contributed by atoms with Crippen molar-refractivity contribution in [3.8, 4) is 17.2 Å². The highest BCUT2D eigenvalue weighted by Gasteiger charge is 2.22. The van der Waals surface area contributed by atoms with Crippen LogP contribution in [0.25, 0.3) is 0 Å². The first-order valence-electron chi connectivity index (χ1n) is 10.4. The Bertz CT molecular complexity index is 835. The molecule has 1 saturated heterocycles. The van der Waals surface area contributed by atoms with E-state index in [1.807, 2.05) is 48.2 Å². The van der Waals surface area contributed by atoms with Gasteiger partial charge >= 0.3 is 6.03 Å². The highest BCUT2D eigenvalue weighted by molar-refractivity contribution is 5.74. The minimum absolute atomic E-state index is 0.0208. The fourth-order valence-corrected chi connectivity index (χ4v) is 3.61. The molecule has 0 aromatic heterocycles. The van der Waals surface area contributed by atoms with Gasteiger partial charge in [-0.1, -0.05) is 18.2 Å². The molecule has 1 N–H and O–H groups in total. The highest BCUT2D eigenvalue weighted by atomic mass is 16.5. The number of ether oxygens (including phenoxy) is 3. The van der Waals surface area contributed by atoms with E-state index in [2.05, 4.69) is 16.3 Å². The first-order chi connectivity index (χ1) is 14.7. The van der Waals surface area contributed by atoms with Gasteiger partial charge in [-0.3, -0.25) is 0 Å². The second-order valence-corrected chi connectivity index (χ2v) is 7.05. The largest absolute Gasteiger partial charge is 0.495 e. The molecule has 2 aromatic carbocycles. The second-order valence-electron chi connectivity index (χ2n) is 7.05. The summed E-state index contributed by atoms with van der Waals surface area (Å²) in [7, 11) is 3.32. The lowest BCUT2D eigenvalue weighted by molar-refractivity contribution is 0.194. The van der Waals surface area contributed by atoms with Gasteiger partial charge in [0, 0.05) is 32.7 Å². The second kappa shape index (κ2) is 10.6. The van der Waals surface area contributed by atoms with Crippen molar-refractivity contribution in [3.05, 3.63) is 48.0 Å².